The van der Waals surface area contributed by atoms with Crippen molar-refractivity contribution in [1.29, 1.82) is 10.5 Å². The van der Waals surface area contributed by atoms with Gasteiger partial charge in [-0.05, 0) is 126 Å². The standard InChI is InChI=1S/2C21H21F2NO3S.CH4/c2*1-21(25)8-6-14(7-9-21)13-28(26,27)17-3-5-18(15(10-17)12-24)19-4-2-16(22)11-20(19)23;/h2*2-5,10-11,14,25H,6-9,13H2,1H3;1H4. The zero-order chi connectivity index (χ0) is 41.1. The molecule has 2 saturated carbocycles. The van der Waals surface area contributed by atoms with E-state index in [0.29, 0.717) is 51.4 Å². The highest BCUT2D eigenvalue weighted by Gasteiger charge is 2.33. The fourth-order valence-electron chi connectivity index (χ4n) is 7.25. The summed E-state index contributed by atoms with van der Waals surface area (Å²) >= 11 is 0. The number of hydrogen-bond acceptors (Lipinski definition) is 8. The fourth-order valence-corrected chi connectivity index (χ4v) is 10.7. The first kappa shape index (κ1) is 45.1. The summed E-state index contributed by atoms with van der Waals surface area (Å²) < 4.78 is 106. The first-order chi connectivity index (χ1) is 26.2. The number of aliphatic hydroxyl groups is 2. The van der Waals surface area contributed by atoms with E-state index in [0.717, 1.165) is 24.3 Å². The zero-order valence-electron chi connectivity index (χ0n) is 30.9. The molecule has 4 aromatic carbocycles. The lowest BCUT2D eigenvalue weighted by Gasteiger charge is -2.32. The molecule has 0 amide bonds. The van der Waals surface area contributed by atoms with Crippen LogP contribution in [0.25, 0.3) is 22.3 Å². The van der Waals surface area contributed by atoms with Gasteiger partial charge in [0.25, 0.3) is 0 Å². The molecule has 14 heteroatoms. The van der Waals surface area contributed by atoms with Gasteiger partial charge >= 0.3 is 0 Å². The molecule has 2 N–H and O–H groups in total. The summed E-state index contributed by atoms with van der Waals surface area (Å²) in [5, 5.41) is 38.9. The molecule has 0 aliphatic heterocycles. The lowest BCUT2D eigenvalue weighted by molar-refractivity contribution is 0.0104. The molecule has 304 valence electrons. The maximum absolute atomic E-state index is 14.1. The van der Waals surface area contributed by atoms with Crippen molar-refractivity contribution in [2.24, 2.45) is 11.8 Å². The minimum absolute atomic E-state index is 0. The summed E-state index contributed by atoms with van der Waals surface area (Å²) in [4.78, 5) is 0.0142. The Morgan fingerprint density at radius 1 is 0.579 bits per heavy atom. The second kappa shape index (κ2) is 17.9. The predicted octanol–water partition coefficient (Wildman–Crippen LogP) is 9.07. The average Bonchev–Trinajstić information content (AvgIpc) is 3.13. The summed E-state index contributed by atoms with van der Waals surface area (Å²) in [5.74, 6) is -3.32. The van der Waals surface area contributed by atoms with Crippen LogP contribution in [0.4, 0.5) is 17.6 Å². The third-order valence-electron chi connectivity index (χ3n) is 10.7. The van der Waals surface area contributed by atoms with Crippen LogP contribution in [-0.2, 0) is 19.7 Å². The molecule has 0 saturated heterocycles. The van der Waals surface area contributed by atoms with Crippen LogP contribution >= 0.6 is 0 Å². The van der Waals surface area contributed by atoms with Gasteiger partial charge in [-0.25, -0.2) is 34.4 Å². The summed E-state index contributed by atoms with van der Waals surface area (Å²) in [6.45, 7) is 3.51. The van der Waals surface area contributed by atoms with E-state index >= 15 is 0 Å². The van der Waals surface area contributed by atoms with E-state index in [2.05, 4.69) is 0 Å². The van der Waals surface area contributed by atoms with Crippen molar-refractivity contribution in [2.45, 2.75) is 93.6 Å². The van der Waals surface area contributed by atoms with E-state index in [1.54, 1.807) is 13.8 Å². The SMILES string of the molecule is C.CC1(O)CCC(CS(=O)(=O)c2ccc(-c3ccc(F)cc3F)c(C#N)c2)CC1.CC1(O)CCC(CS(=O)(=O)c2ccc(-c3ccc(F)cc3F)c(C#N)c2)CC1. The van der Waals surface area contributed by atoms with Gasteiger partial charge in [-0.2, -0.15) is 10.5 Å². The molecule has 0 unspecified atom stereocenters. The molecular weight excluding hydrogens is 781 g/mol. The molecule has 2 fully saturated rings. The Labute approximate surface area is 332 Å². The lowest BCUT2D eigenvalue weighted by atomic mass is 9.81. The van der Waals surface area contributed by atoms with Crippen molar-refractivity contribution in [3.8, 4) is 34.4 Å². The third kappa shape index (κ3) is 11.3. The normalized spacial score (nSPS) is 22.2. The maximum Gasteiger partial charge on any atom is 0.178 e. The number of nitrogens with zero attached hydrogens (tertiary/aromatic N) is 2. The van der Waals surface area contributed by atoms with Crippen molar-refractivity contribution < 1.29 is 44.6 Å². The van der Waals surface area contributed by atoms with Gasteiger partial charge in [-0.15, -0.1) is 0 Å². The smallest absolute Gasteiger partial charge is 0.178 e. The highest BCUT2D eigenvalue weighted by atomic mass is 32.2. The maximum atomic E-state index is 14.1. The quantitative estimate of drug-likeness (QED) is 0.167. The number of hydrogen-bond donors (Lipinski definition) is 2. The van der Waals surface area contributed by atoms with E-state index in [4.69, 9.17) is 0 Å². The molecule has 0 atom stereocenters. The average molecular weight is 827 g/mol. The van der Waals surface area contributed by atoms with Gasteiger partial charge in [0.1, 0.15) is 23.3 Å². The van der Waals surface area contributed by atoms with Crippen LogP contribution in [0.5, 0.6) is 0 Å². The molecule has 0 radical (unpaired) electrons. The van der Waals surface area contributed by atoms with Crippen LogP contribution in [0.2, 0.25) is 0 Å². The number of benzene rings is 4. The summed E-state index contributed by atoms with van der Waals surface area (Å²) in [5.41, 5.74) is -0.950. The van der Waals surface area contributed by atoms with E-state index < -0.39 is 54.1 Å². The Bertz CT molecular complexity index is 2230. The minimum atomic E-state index is -3.63. The van der Waals surface area contributed by atoms with Gasteiger partial charge < -0.3 is 10.2 Å². The first-order valence-corrected chi connectivity index (χ1v) is 21.4. The monoisotopic (exact) mass is 826 g/mol. The molecule has 0 heterocycles. The molecule has 0 bridgehead atoms. The van der Waals surface area contributed by atoms with Crippen molar-refractivity contribution in [3.05, 3.63) is 107 Å². The van der Waals surface area contributed by atoms with Crippen molar-refractivity contribution in [1.82, 2.24) is 0 Å². The summed E-state index contributed by atoms with van der Waals surface area (Å²) in [6, 6.07) is 17.8. The van der Waals surface area contributed by atoms with Crippen LogP contribution < -0.4 is 0 Å². The van der Waals surface area contributed by atoms with E-state index in [1.807, 2.05) is 12.1 Å². The Morgan fingerprint density at radius 3 is 1.19 bits per heavy atom. The zero-order valence-corrected chi connectivity index (χ0v) is 32.5. The Morgan fingerprint density at radius 2 is 0.895 bits per heavy atom. The van der Waals surface area contributed by atoms with Crippen molar-refractivity contribution >= 4 is 19.7 Å². The molecule has 0 spiro atoms. The highest BCUT2D eigenvalue weighted by molar-refractivity contribution is 7.91. The van der Waals surface area contributed by atoms with Crippen LogP contribution in [0.15, 0.2) is 82.6 Å². The highest BCUT2D eigenvalue weighted by Crippen LogP contribution is 2.36. The Kier molecular flexibility index (Phi) is 14.2. The molecule has 57 heavy (non-hydrogen) atoms. The van der Waals surface area contributed by atoms with Gasteiger partial charge in [0.2, 0.25) is 0 Å². The topological polar surface area (TPSA) is 156 Å². The molecule has 6 rings (SSSR count). The second-order valence-corrected chi connectivity index (χ2v) is 19.4. The number of halogens is 4. The van der Waals surface area contributed by atoms with Gasteiger partial charge in [0, 0.05) is 34.4 Å². The van der Waals surface area contributed by atoms with Gasteiger partial charge in [0.05, 0.1) is 55.8 Å². The number of sulfone groups is 2. The molecule has 0 aromatic heterocycles. The fraction of sp³-hybridized carbons (Fsp3) is 0.395. The Hall–Kier alpha value is -4.60. The predicted molar refractivity (Wildman–Crippen MR) is 209 cm³/mol. The van der Waals surface area contributed by atoms with Crippen LogP contribution in [0, 0.1) is 57.8 Å². The number of rotatable bonds is 8. The van der Waals surface area contributed by atoms with Gasteiger partial charge in [0.15, 0.2) is 19.7 Å². The van der Waals surface area contributed by atoms with Crippen LogP contribution in [0.3, 0.4) is 0 Å². The van der Waals surface area contributed by atoms with Crippen LogP contribution in [0.1, 0.15) is 83.8 Å². The lowest BCUT2D eigenvalue weighted by Crippen LogP contribution is -2.32. The minimum Gasteiger partial charge on any atom is -0.390 e. The van der Waals surface area contributed by atoms with Crippen molar-refractivity contribution in [3.63, 3.8) is 0 Å². The van der Waals surface area contributed by atoms with E-state index in [1.165, 1.54) is 48.5 Å². The molecular formula is C43H46F4N2O6S2. The summed E-state index contributed by atoms with van der Waals surface area (Å²) in [6.07, 6.45) is 4.70. The molecule has 2 aliphatic rings. The molecule has 8 nitrogen and oxygen atoms in total. The van der Waals surface area contributed by atoms with E-state index in [-0.39, 0.29) is 73.9 Å². The van der Waals surface area contributed by atoms with Crippen LogP contribution in [-0.4, -0.2) is 49.8 Å². The third-order valence-corrected chi connectivity index (χ3v) is 14.4. The van der Waals surface area contributed by atoms with E-state index in [9.17, 15) is 55.1 Å². The second-order valence-electron chi connectivity index (χ2n) is 15.3. The van der Waals surface area contributed by atoms with Gasteiger partial charge in [-0.1, -0.05) is 19.6 Å². The molecule has 4 aromatic rings. The Balaban J connectivity index is 0.000000248. The first-order valence-electron chi connectivity index (χ1n) is 18.1. The largest absolute Gasteiger partial charge is 0.390 e. The van der Waals surface area contributed by atoms with Crippen molar-refractivity contribution in [2.75, 3.05) is 11.5 Å². The summed E-state index contributed by atoms with van der Waals surface area (Å²) in [7, 11) is -7.26. The van der Waals surface area contributed by atoms with Gasteiger partial charge in [-0.3, -0.25) is 0 Å². The number of nitriles is 2. The molecule has 2 aliphatic carbocycles.